The highest BCUT2D eigenvalue weighted by atomic mass is 16.5. The number of aliphatic hydroxyl groups is 1. The second-order valence-corrected chi connectivity index (χ2v) is 15.1. The van der Waals surface area contributed by atoms with E-state index in [9.17, 15) is 9.90 Å². The zero-order chi connectivity index (χ0) is 39.1. The summed E-state index contributed by atoms with van der Waals surface area (Å²) < 4.78 is 12.0. The van der Waals surface area contributed by atoms with Gasteiger partial charge in [0.2, 0.25) is 0 Å². The number of nitrogens with zero attached hydrogens (tertiary/aromatic N) is 2. The molecule has 6 aromatic rings. The molecule has 4 aromatic carbocycles. The van der Waals surface area contributed by atoms with Gasteiger partial charge in [-0.15, -0.1) is 0 Å². The molecule has 0 amide bonds. The highest BCUT2D eigenvalue weighted by molar-refractivity contribution is 5.97. The lowest BCUT2D eigenvalue weighted by molar-refractivity contribution is -0.112. The van der Waals surface area contributed by atoms with E-state index in [0.29, 0.717) is 32.8 Å². The largest absolute Gasteiger partial charge is 0.512 e. The first-order chi connectivity index (χ1) is 27.3. The average molecular weight is 749 g/mol. The topological polar surface area (TPSA) is 81.5 Å². The van der Waals surface area contributed by atoms with Gasteiger partial charge in [0.15, 0.2) is 5.78 Å². The Hall–Kier alpha value is -5.17. The van der Waals surface area contributed by atoms with Crippen LogP contribution in [0.4, 0.5) is 0 Å². The van der Waals surface area contributed by atoms with Crippen molar-refractivity contribution in [3.05, 3.63) is 143 Å². The summed E-state index contributed by atoms with van der Waals surface area (Å²) in [5, 5.41) is 14.6. The summed E-state index contributed by atoms with van der Waals surface area (Å²) in [6, 6.07) is 32.7. The molecule has 0 unspecified atom stereocenters. The van der Waals surface area contributed by atoms with Gasteiger partial charge in [-0.3, -0.25) is 14.8 Å². The summed E-state index contributed by atoms with van der Waals surface area (Å²) in [5.74, 6) is 0.101. The van der Waals surface area contributed by atoms with E-state index in [1.165, 1.54) is 75.2 Å². The quantitative estimate of drug-likeness (QED) is 0.0448. The third-order valence-corrected chi connectivity index (χ3v) is 10.3. The van der Waals surface area contributed by atoms with E-state index in [2.05, 4.69) is 105 Å². The minimum absolute atomic E-state index is 0.0992. The minimum Gasteiger partial charge on any atom is -0.512 e. The van der Waals surface area contributed by atoms with Crippen molar-refractivity contribution in [2.24, 2.45) is 0 Å². The number of aliphatic hydroxyl groups excluding tert-OH is 1. The van der Waals surface area contributed by atoms with Gasteiger partial charge in [0.25, 0.3) is 0 Å². The molecular weight excluding hydrogens is 693 g/mol. The zero-order valence-corrected chi connectivity index (χ0v) is 33.4. The van der Waals surface area contributed by atoms with Gasteiger partial charge < -0.3 is 14.6 Å². The van der Waals surface area contributed by atoms with Crippen LogP contribution in [0.15, 0.2) is 115 Å². The molecule has 290 valence electrons. The Balaban J connectivity index is 0.942. The second kappa shape index (κ2) is 20.7. The number of aromatic nitrogens is 2. The molecule has 1 N–H and O–H groups in total. The predicted molar refractivity (Wildman–Crippen MR) is 230 cm³/mol. The smallest absolute Gasteiger partial charge is 0.155 e. The maximum atomic E-state index is 11.1. The van der Waals surface area contributed by atoms with Crippen LogP contribution in [-0.2, 0) is 33.5 Å². The molecule has 0 atom stereocenters. The molecule has 0 saturated heterocycles. The maximum absolute atomic E-state index is 11.1. The lowest BCUT2D eigenvalue weighted by Crippen LogP contribution is -2.09. The van der Waals surface area contributed by atoms with Crippen molar-refractivity contribution in [2.75, 3.05) is 26.4 Å². The predicted octanol–water partition coefficient (Wildman–Crippen LogP) is 11.9. The molecule has 0 aliphatic rings. The molecule has 6 nitrogen and oxygen atoms in total. The summed E-state index contributed by atoms with van der Waals surface area (Å²) in [6.07, 6.45) is 15.1. The van der Waals surface area contributed by atoms with Gasteiger partial charge in [0.1, 0.15) is 0 Å². The van der Waals surface area contributed by atoms with Crippen molar-refractivity contribution in [3.8, 4) is 22.5 Å². The number of pyridine rings is 2. The molecule has 2 aromatic heterocycles. The third-order valence-electron chi connectivity index (χ3n) is 10.3. The van der Waals surface area contributed by atoms with Gasteiger partial charge in [-0.25, -0.2) is 0 Å². The van der Waals surface area contributed by atoms with Gasteiger partial charge in [0, 0.05) is 46.8 Å². The summed E-state index contributed by atoms with van der Waals surface area (Å²) in [4.78, 5) is 20.7. The first-order valence-corrected chi connectivity index (χ1v) is 20.3. The number of aryl methyl sites for hydroxylation is 3. The highest BCUT2D eigenvalue weighted by Gasteiger charge is 2.11. The Kier molecular flexibility index (Phi) is 14.9. The molecule has 56 heavy (non-hydrogen) atoms. The van der Waals surface area contributed by atoms with Crippen molar-refractivity contribution in [3.63, 3.8) is 0 Å². The Morgan fingerprint density at radius 2 is 1.20 bits per heavy atom. The molecule has 0 aliphatic heterocycles. The van der Waals surface area contributed by atoms with Crippen LogP contribution >= 0.6 is 0 Å². The van der Waals surface area contributed by atoms with E-state index in [0.717, 1.165) is 67.5 Å². The first-order valence-electron chi connectivity index (χ1n) is 20.3. The average Bonchev–Trinajstić information content (AvgIpc) is 3.18. The van der Waals surface area contributed by atoms with Crippen molar-refractivity contribution < 1.29 is 19.4 Å². The number of allylic oxidation sites excluding steroid dienone is 2. The fraction of sp³-hybridized carbons (Fsp3) is 0.340. The van der Waals surface area contributed by atoms with Gasteiger partial charge >= 0.3 is 0 Å². The van der Waals surface area contributed by atoms with Crippen LogP contribution in [0, 0.1) is 13.8 Å². The number of ether oxygens (including phenoxy) is 2. The van der Waals surface area contributed by atoms with E-state index in [1.807, 2.05) is 12.4 Å². The molecule has 0 spiro atoms. The highest BCUT2D eigenvalue weighted by Crippen LogP contribution is 2.31. The van der Waals surface area contributed by atoms with Crippen molar-refractivity contribution >= 4 is 27.3 Å². The Bertz CT molecular complexity index is 2250. The molecule has 0 bridgehead atoms. The lowest BCUT2D eigenvalue weighted by atomic mass is 9.95. The van der Waals surface area contributed by atoms with Crippen LogP contribution in [0.2, 0.25) is 0 Å². The van der Waals surface area contributed by atoms with E-state index in [4.69, 9.17) is 19.4 Å². The van der Waals surface area contributed by atoms with Gasteiger partial charge in [-0.2, -0.15) is 0 Å². The number of unbranched alkanes of at least 4 members (excludes halogenated alkanes) is 5. The number of hydrogen-bond acceptors (Lipinski definition) is 6. The van der Waals surface area contributed by atoms with E-state index >= 15 is 0 Å². The van der Waals surface area contributed by atoms with E-state index < -0.39 is 0 Å². The normalized spacial score (nSPS) is 11.8. The summed E-state index contributed by atoms with van der Waals surface area (Å²) >= 11 is 0. The standard InChI is InChI=1S/C50H56N2O4/c1-36-29-39(34-43(31-36)49-47-17-11-10-14-42(47)19-23-51-49)21-25-55-27-28-56-26-22-40-30-37(2)32-44(35-40)50-48-18-12-15-41(46(48)20-24-52-50)13-8-6-4-5-7-9-16-45(54)33-38(3)53/h10-12,14-15,17-20,23-24,29-35,54H,4-9,13,16,21-22,25-28H2,1-3H3. The third kappa shape index (κ3) is 11.7. The number of ketones is 1. The Morgan fingerprint density at radius 1 is 0.607 bits per heavy atom. The number of fused-ring (bicyclic) bond motifs is 2. The molecule has 6 heteroatoms. The van der Waals surface area contributed by atoms with Crippen LogP contribution in [0.25, 0.3) is 44.1 Å². The molecule has 6 rings (SSSR count). The molecule has 2 heterocycles. The number of benzene rings is 4. The van der Waals surface area contributed by atoms with Crippen LogP contribution in [0.3, 0.4) is 0 Å². The van der Waals surface area contributed by atoms with Crippen LogP contribution in [0.1, 0.15) is 79.7 Å². The summed E-state index contributed by atoms with van der Waals surface area (Å²) in [7, 11) is 0. The van der Waals surface area contributed by atoms with Crippen molar-refractivity contribution in [1.82, 2.24) is 9.97 Å². The fourth-order valence-electron chi connectivity index (χ4n) is 7.69. The number of carbonyl (C=O) groups excluding carboxylic acids is 1. The molecular formula is C50H56N2O4. The van der Waals surface area contributed by atoms with Gasteiger partial charge in [-0.05, 0) is 117 Å². The maximum Gasteiger partial charge on any atom is 0.155 e. The number of rotatable bonds is 21. The molecule has 0 fully saturated rings. The van der Waals surface area contributed by atoms with Crippen LogP contribution < -0.4 is 0 Å². The second-order valence-electron chi connectivity index (χ2n) is 15.1. The van der Waals surface area contributed by atoms with Crippen LogP contribution in [-0.4, -0.2) is 47.3 Å². The lowest BCUT2D eigenvalue weighted by Gasteiger charge is -2.13. The van der Waals surface area contributed by atoms with E-state index in [1.54, 1.807) is 0 Å². The Morgan fingerprint density at radius 3 is 1.88 bits per heavy atom. The number of carbonyl (C=O) groups is 1. The molecule has 0 radical (unpaired) electrons. The Labute approximate surface area is 332 Å². The molecule has 0 aliphatic carbocycles. The SMILES string of the molecule is CC(=O)C=C(O)CCCCCCCCc1cccc2c(-c3cc(C)cc(CCOCCOCCc4cc(C)cc(-c5nccc6ccccc56)c4)c3)nccc12. The first kappa shape index (κ1) is 40.5. The van der Waals surface area contributed by atoms with E-state index in [-0.39, 0.29) is 11.5 Å². The van der Waals surface area contributed by atoms with Crippen molar-refractivity contribution in [1.29, 1.82) is 0 Å². The van der Waals surface area contributed by atoms with Crippen LogP contribution in [0.5, 0.6) is 0 Å². The van der Waals surface area contributed by atoms with Gasteiger partial charge in [0.05, 0.1) is 43.6 Å². The van der Waals surface area contributed by atoms with Crippen molar-refractivity contribution in [2.45, 2.75) is 85.0 Å². The molecule has 0 saturated carbocycles. The fourth-order valence-corrected chi connectivity index (χ4v) is 7.69. The zero-order valence-electron chi connectivity index (χ0n) is 33.4. The minimum atomic E-state index is -0.0992. The summed E-state index contributed by atoms with van der Waals surface area (Å²) in [5.41, 5.74) is 10.7. The number of hydrogen-bond donors (Lipinski definition) is 1. The van der Waals surface area contributed by atoms with Gasteiger partial charge in [-0.1, -0.05) is 91.4 Å². The monoisotopic (exact) mass is 748 g/mol. The summed E-state index contributed by atoms with van der Waals surface area (Å²) in [6.45, 7) is 8.17.